The van der Waals surface area contributed by atoms with Gasteiger partial charge in [-0.25, -0.2) is 0 Å². The van der Waals surface area contributed by atoms with Crippen LogP contribution in [0, 0.1) is 6.92 Å². The van der Waals surface area contributed by atoms with E-state index in [4.69, 9.17) is 21.8 Å². The summed E-state index contributed by atoms with van der Waals surface area (Å²) in [7, 11) is 0. The molecule has 2 atom stereocenters. The minimum absolute atomic E-state index is 0.110. The third-order valence-corrected chi connectivity index (χ3v) is 2.85. The molecule has 4 nitrogen and oxygen atoms in total. The Kier molecular flexibility index (Phi) is 3.03. The average Bonchev–Trinajstić information content (AvgIpc) is 2.79. The number of hydrogen-bond acceptors (Lipinski definition) is 3. The molecule has 0 saturated heterocycles. The van der Waals surface area contributed by atoms with Gasteiger partial charge in [0.25, 0.3) is 0 Å². The molecule has 0 aliphatic carbocycles. The molecule has 16 heavy (non-hydrogen) atoms. The van der Waals surface area contributed by atoms with Crippen LogP contribution in [0.25, 0.3) is 0 Å². The molecule has 2 N–H and O–H groups in total. The molecular formula is C11H14ClN3O. The van der Waals surface area contributed by atoms with Crippen LogP contribution in [0.2, 0.25) is 5.02 Å². The molecule has 0 aromatic carbocycles. The van der Waals surface area contributed by atoms with E-state index in [-0.39, 0.29) is 12.1 Å². The second-order valence-corrected chi connectivity index (χ2v) is 4.27. The summed E-state index contributed by atoms with van der Waals surface area (Å²) in [5.41, 5.74) is 6.75. The van der Waals surface area contributed by atoms with Crippen molar-refractivity contribution in [2.75, 3.05) is 0 Å². The van der Waals surface area contributed by atoms with Crippen molar-refractivity contribution >= 4 is 11.6 Å². The highest BCUT2D eigenvalue weighted by Gasteiger charge is 2.22. The molecular weight excluding hydrogens is 226 g/mol. The van der Waals surface area contributed by atoms with Crippen LogP contribution in [-0.2, 0) is 0 Å². The van der Waals surface area contributed by atoms with Gasteiger partial charge in [-0.1, -0.05) is 11.6 Å². The van der Waals surface area contributed by atoms with E-state index in [0.29, 0.717) is 5.02 Å². The van der Waals surface area contributed by atoms with Gasteiger partial charge in [0.15, 0.2) is 0 Å². The lowest BCUT2D eigenvalue weighted by Crippen LogP contribution is -2.30. The molecule has 0 spiro atoms. The van der Waals surface area contributed by atoms with Crippen LogP contribution < -0.4 is 5.73 Å². The number of furan rings is 1. The minimum atomic E-state index is -0.124. The van der Waals surface area contributed by atoms with Crippen LogP contribution in [-0.4, -0.2) is 15.8 Å². The molecule has 0 radical (unpaired) electrons. The maximum absolute atomic E-state index is 5.98. The summed E-state index contributed by atoms with van der Waals surface area (Å²) >= 11 is 5.98. The Hall–Kier alpha value is -1.26. The van der Waals surface area contributed by atoms with Gasteiger partial charge in [-0.3, -0.25) is 4.68 Å². The van der Waals surface area contributed by atoms with Gasteiger partial charge in [0.05, 0.1) is 17.0 Å². The Bertz CT molecular complexity index is 442. The summed E-state index contributed by atoms with van der Waals surface area (Å²) in [6.45, 7) is 3.78. The van der Waals surface area contributed by atoms with Crippen LogP contribution in [0.4, 0.5) is 0 Å². The molecule has 0 aliphatic rings. The standard InChI is InChI=1S/C11H14ClN3O/c1-7(13)11(10-4-3-5-16-10)15-6-9(12)8(2)14-15/h3-7,11H,13H2,1-2H3. The highest BCUT2D eigenvalue weighted by Crippen LogP contribution is 2.24. The van der Waals surface area contributed by atoms with Crippen LogP contribution in [0.5, 0.6) is 0 Å². The lowest BCUT2D eigenvalue weighted by molar-refractivity contribution is 0.367. The number of nitrogens with zero attached hydrogens (tertiary/aromatic N) is 2. The zero-order valence-corrected chi connectivity index (χ0v) is 9.98. The van der Waals surface area contributed by atoms with Gasteiger partial charge in [0.1, 0.15) is 11.8 Å². The quantitative estimate of drug-likeness (QED) is 0.895. The van der Waals surface area contributed by atoms with Crippen molar-refractivity contribution in [3.05, 3.63) is 41.1 Å². The SMILES string of the molecule is Cc1nn(C(c2ccco2)C(C)N)cc1Cl. The molecule has 0 saturated carbocycles. The molecule has 2 rings (SSSR count). The van der Waals surface area contributed by atoms with Crippen LogP contribution in [0.15, 0.2) is 29.0 Å². The summed E-state index contributed by atoms with van der Waals surface area (Å²) in [6.07, 6.45) is 3.40. The molecule has 0 bridgehead atoms. The molecule has 2 heterocycles. The van der Waals surface area contributed by atoms with Crippen molar-refractivity contribution in [1.82, 2.24) is 9.78 Å². The van der Waals surface area contributed by atoms with E-state index in [9.17, 15) is 0 Å². The number of aryl methyl sites for hydroxylation is 1. The summed E-state index contributed by atoms with van der Waals surface area (Å²) in [5.74, 6) is 0.786. The fourth-order valence-electron chi connectivity index (χ4n) is 1.69. The highest BCUT2D eigenvalue weighted by molar-refractivity contribution is 6.31. The maximum Gasteiger partial charge on any atom is 0.129 e. The van der Waals surface area contributed by atoms with E-state index in [1.807, 2.05) is 26.0 Å². The number of rotatable bonds is 3. The Labute approximate surface area is 99.0 Å². The van der Waals surface area contributed by atoms with Crippen LogP contribution in [0.3, 0.4) is 0 Å². The maximum atomic E-state index is 5.98. The predicted molar refractivity (Wildman–Crippen MR) is 62.5 cm³/mol. The second-order valence-electron chi connectivity index (χ2n) is 3.86. The zero-order valence-electron chi connectivity index (χ0n) is 9.22. The molecule has 86 valence electrons. The highest BCUT2D eigenvalue weighted by atomic mass is 35.5. The Morgan fingerprint density at radius 1 is 1.56 bits per heavy atom. The molecule has 2 aromatic rings. The predicted octanol–water partition coefficient (Wildman–Crippen LogP) is 2.37. The molecule has 2 aromatic heterocycles. The van der Waals surface area contributed by atoms with Gasteiger partial charge < -0.3 is 10.2 Å². The minimum Gasteiger partial charge on any atom is -0.467 e. The Balaban J connectivity index is 2.41. The van der Waals surface area contributed by atoms with E-state index < -0.39 is 0 Å². The first-order chi connectivity index (χ1) is 7.59. The van der Waals surface area contributed by atoms with Gasteiger partial charge in [-0.05, 0) is 26.0 Å². The Morgan fingerprint density at radius 2 is 2.31 bits per heavy atom. The van der Waals surface area contributed by atoms with Crippen LogP contribution in [0.1, 0.15) is 24.4 Å². The average molecular weight is 240 g/mol. The van der Waals surface area contributed by atoms with E-state index in [1.54, 1.807) is 17.1 Å². The second kappa shape index (κ2) is 4.31. The summed E-state index contributed by atoms with van der Waals surface area (Å²) in [5, 5.41) is 4.97. The molecule has 0 aliphatic heterocycles. The monoisotopic (exact) mass is 239 g/mol. The fraction of sp³-hybridized carbons (Fsp3) is 0.364. The van der Waals surface area contributed by atoms with Crippen molar-refractivity contribution in [2.45, 2.75) is 25.9 Å². The van der Waals surface area contributed by atoms with E-state index in [0.717, 1.165) is 11.5 Å². The van der Waals surface area contributed by atoms with Crippen molar-refractivity contribution < 1.29 is 4.42 Å². The number of nitrogens with two attached hydrogens (primary N) is 1. The molecule has 0 fully saturated rings. The normalized spacial score (nSPS) is 15.0. The summed E-state index contributed by atoms with van der Waals surface area (Å²) in [6, 6.07) is 3.49. The van der Waals surface area contributed by atoms with Gasteiger partial charge in [0.2, 0.25) is 0 Å². The lowest BCUT2D eigenvalue weighted by atomic mass is 10.1. The first-order valence-corrected chi connectivity index (χ1v) is 5.47. The third kappa shape index (κ3) is 1.99. The van der Waals surface area contributed by atoms with Crippen molar-refractivity contribution in [3.8, 4) is 0 Å². The van der Waals surface area contributed by atoms with Gasteiger partial charge in [0, 0.05) is 12.2 Å². The van der Waals surface area contributed by atoms with E-state index in [2.05, 4.69) is 5.10 Å². The lowest BCUT2D eigenvalue weighted by Gasteiger charge is -2.18. The Morgan fingerprint density at radius 3 is 2.75 bits per heavy atom. The van der Waals surface area contributed by atoms with Crippen molar-refractivity contribution in [3.63, 3.8) is 0 Å². The largest absolute Gasteiger partial charge is 0.467 e. The topological polar surface area (TPSA) is 57.0 Å². The number of halogens is 1. The molecule has 0 amide bonds. The number of aromatic nitrogens is 2. The fourth-order valence-corrected chi connectivity index (χ4v) is 1.83. The zero-order chi connectivity index (χ0) is 11.7. The van der Waals surface area contributed by atoms with Crippen LogP contribution >= 0.6 is 11.6 Å². The van der Waals surface area contributed by atoms with Crippen molar-refractivity contribution in [2.24, 2.45) is 5.73 Å². The van der Waals surface area contributed by atoms with E-state index >= 15 is 0 Å². The number of hydrogen-bond donors (Lipinski definition) is 1. The van der Waals surface area contributed by atoms with Gasteiger partial charge in [-0.15, -0.1) is 0 Å². The van der Waals surface area contributed by atoms with Crippen molar-refractivity contribution in [1.29, 1.82) is 0 Å². The summed E-state index contributed by atoms with van der Waals surface area (Å²) < 4.78 is 7.13. The first-order valence-electron chi connectivity index (χ1n) is 5.10. The first kappa shape index (κ1) is 11.2. The van der Waals surface area contributed by atoms with E-state index in [1.165, 1.54) is 0 Å². The van der Waals surface area contributed by atoms with Gasteiger partial charge in [-0.2, -0.15) is 5.10 Å². The van der Waals surface area contributed by atoms with Gasteiger partial charge >= 0.3 is 0 Å². The molecule has 5 heteroatoms. The summed E-state index contributed by atoms with van der Waals surface area (Å²) in [4.78, 5) is 0. The smallest absolute Gasteiger partial charge is 0.129 e. The third-order valence-electron chi connectivity index (χ3n) is 2.47. The molecule has 2 unspecified atom stereocenters.